The maximum atomic E-state index is 12.2. The van der Waals surface area contributed by atoms with E-state index in [1.165, 1.54) is 24.2 Å². The number of carbonyl (C=O) groups is 2. The van der Waals surface area contributed by atoms with Crippen molar-refractivity contribution in [1.29, 1.82) is 0 Å². The van der Waals surface area contributed by atoms with E-state index in [1.54, 1.807) is 18.3 Å². The first-order valence-corrected chi connectivity index (χ1v) is 13.4. The minimum Gasteiger partial charge on any atom is -0.465 e. The topological polar surface area (TPSA) is 125 Å². The molecule has 1 aliphatic heterocycles. The summed E-state index contributed by atoms with van der Waals surface area (Å²) in [4.78, 5) is 37.0. The van der Waals surface area contributed by atoms with Crippen LogP contribution in [-0.2, 0) is 0 Å². The average molecular weight is 509 g/mol. The third-order valence-electron chi connectivity index (χ3n) is 7.53. The van der Waals surface area contributed by atoms with Gasteiger partial charge in [-0.05, 0) is 76.6 Å². The molecule has 0 spiro atoms. The number of carboxylic acid groups (broad SMARTS) is 1. The van der Waals surface area contributed by atoms with Gasteiger partial charge in [0.1, 0.15) is 11.6 Å². The standard InChI is InChI=1S/C28H40N6O3/c1-28(2,3)34(27(36)37)18-19-10-13-33(14-11-19)25-17-21(26(29)35)15-23(32-25)20-9-12-30-24(16-20)31-22-7-5-4-6-8-22/h9,12,15-17,19,22H,4-8,10-11,13-14,18H2,1-3H3,(H2,29,35)(H,30,31)(H,36,37). The Morgan fingerprint density at radius 2 is 1.81 bits per heavy atom. The normalized spacial score (nSPS) is 17.4. The summed E-state index contributed by atoms with van der Waals surface area (Å²) in [6.45, 7) is 7.76. The largest absolute Gasteiger partial charge is 0.465 e. The first kappa shape index (κ1) is 26.7. The smallest absolute Gasteiger partial charge is 0.407 e. The van der Waals surface area contributed by atoms with Crippen LogP contribution in [0.3, 0.4) is 0 Å². The molecule has 0 atom stereocenters. The van der Waals surface area contributed by atoms with E-state index in [0.717, 1.165) is 50.2 Å². The fourth-order valence-corrected chi connectivity index (χ4v) is 5.33. The summed E-state index contributed by atoms with van der Waals surface area (Å²) < 4.78 is 0. The fourth-order valence-electron chi connectivity index (χ4n) is 5.33. The monoisotopic (exact) mass is 508 g/mol. The van der Waals surface area contributed by atoms with Gasteiger partial charge in [-0.1, -0.05) is 19.3 Å². The number of piperidine rings is 1. The number of nitrogens with two attached hydrogens (primary N) is 1. The summed E-state index contributed by atoms with van der Waals surface area (Å²) in [5, 5.41) is 13.2. The molecule has 2 aliphatic rings. The molecule has 2 aromatic rings. The van der Waals surface area contributed by atoms with Crippen molar-refractivity contribution in [3.63, 3.8) is 0 Å². The number of carbonyl (C=O) groups excluding carboxylic acids is 1. The lowest BCUT2D eigenvalue weighted by atomic mass is 9.94. The number of rotatable bonds is 7. The Balaban J connectivity index is 1.50. The minimum absolute atomic E-state index is 0.277. The van der Waals surface area contributed by atoms with Gasteiger partial charge >= 0.3 is 6.09 Å². The predicted molar refractivity (Wildman–Crippen MR) is 146 cm³/mol. The SMILES string of the molecule is CC(C)(C)N(CC1CCN(c2cc(C(N)=O)cc(-c3ccnc(NC4CCCCC4)c3)n2)CC1)C(=O)O. The Bertz CT molecular complexity index is 1100. The van der Waals surface area contributed by atoms with E-state index in [1.807, 2.05) is 32.9 Å². The molecule has 1 saturated carbocycles. The molecule has 9 nitrogen and oxygen atoms in total. The number of aromatic nitrogens is 2. The van der Waals surface area contributed by atoms with E-state index in [4.69, 9.17) is 10.7 Å². The maximum absolute atomic E-state index is 12.2. The third kappa shape index (κ3) is 6.90. The zero-order chi connectivity index (χ0) is 26.6. The van der Waals surface area contributed by atoms with Crippen molar-refractivity contribution in [3.05, 3.63) is 36.0 Å². The van der Waals surface area contributed by atoms with Gasteiger partial charge in [0.15, 0.2) is 0 Å². The van der Waals surface area contributed by atoms with Gasteiger partial charge in [0, 0.05) is 48.5 Å². The van der Waals surface area contributed by atoms with E-state index >= 15 is 0 Å². The quantitative estimate of drug-likeness (QED) is 0.481. The average Bonchev–Trinajstić information content (AvgIpc) is 2.87. The second kappa shape index (κ2) is 11.4. The Morgan fingerprint density at radius 3 is 2.43 bits per heavy atom. The molecule has 2 fully saturated rings. The molecule has 0 unspecified atom stereocenters. The zero-order valence-corrected chi connectivity index (χ0v) is 22.2. The molecule has 4 rings (SSSR count). The van der Waals surface area contributed by atoms with Gasteiger partial charge in [-0.3, -0.25) is 4.79 Å². The molecule has 1 aliphatic carbocycles. The summed E-state index contributed by atoms with van der Waals surface area (Å²) >= 11 is 0. The van der Waals surface area contributed by atoms with Gasteiger partial charge in [-0.25, -0.2) is 14.8 Å². The van der Waals surface area contributed by atoms with Gasteiger partial charge in [0.05, 0.1) is 5.69 Å². The van der Waals surface area contributed by atoms with Crippen LogP contribution in [0.5, 0.6) is 0 Å². The van der Waals surface area contributed by atoms with Crippen molar-refractivity contribution in [3.8, 4) is 11.3 Å². The lowest BCUT2D eigenvalue weighted by Gasteiger charge is -2.39. The van der Waals surface area contributed by atoms with Crippen LogP contribution in [-0.4, -0.2) is 63.2 Å². The lowest BCUT2D eigenvalue weighted by molar-refractivity contribution is 0.0851. The Labute approximate surface area is 219 Å². The van der Waals surface area contributed by atoms with E-state index in [9.17, 15) is 14.7 Å². The van der Waals surface area contributed by atoms with Crippen LogP contribution in [0, 0.1) is 5.92 Å². The molecule has 0 aromatic carbocycles. The van der Waals surface area contributed by atoms with E-state index in [-0.39, 0.29) is 5.92 Å². The molecule has 2 aromatic heterocycles. The van der Waals surface area contributed by atoms with Gasteiger partial charge < -0.3 is 26.0 Å². The number of hydrogen-bond donors (Lipinski definition) is 3. The maximum Gasteiger partial charge on any atom is 0.407 e. The number of pyridine rings is 2. The molecule has 3 heterocycles. The molecule has 37 heavy (non-hydrogen) atoms. The summed E-state index contributed by atoms with van der Waals surface area (Å²) in [6.07, 6.45) is 8.67. The lowest BCUT2D eigenvalue weighted by Crippen LogP contribution is -2.49. The van der Waals surface area contributed by atoms with Crippen molar-refractivity contribution in [2.24, 2.45) is 11.7 Å². The summed E-state index contributed by atoms with van der Waals surface area (Å²) in [6, 6.07) is 7.83. The van der Waals surface area contributed by atoms with Crippen molar-refractivity contribution in [2.45, 2.75) is 77.3 Å². The Kier molecular flexibility index (Phi) is 8.19. The second-order valence-corrected chi connectivity index (χ2v) is 11.4. The molecular formula is C28H40N6O3. The van der Waals surface area contributed by atoms with Crippen LogP contribution in [0.25, 0.3) is 11.3 Å². The highest BCUT2D eigenvalue weighted by Crippen LogP contribution is 2.29. The predicted octanol–water partition coefficient (Wildman–Crippen LogP) is 4.98. The first-order chi connectivity index (χ1) is 17.6. The van der Waals surface area contributed by atoms with Crippen LogP contribution < -0.4 is 16.0 Å². The molecular weight excluding hydrogens is 468 g/mol. The van der Waals surface area contributed by atoms with E-state index in [2.05, 4.69) is 15.2 Å². The third-order valence-corrected chi connectivity index (χ3v) is 7.53. The number of anilines is 2. The fraction of sp³-hybridized carbons (Fsp3) is 0.571. The second-order valence-electron chi connectivity index (χ2n) is 11.4. The van der Waals surface area contributed by atoms with Gasteiger partial charge in [0.25, 0.3) is 0 Å². The van der Waals surface area contributed by atoms with Crippen molar-refractivity contribution >= 4 is 23.6 Å². The van der Waals surface area contributed by atoms with Crippen molar-refractivity contribution in [1.82, 2.24) is 14.9 Å². The highest BCUT2D eigenvalue weighted by Gasteiger charge is 2.31. The highest BCUT2D eigenvalue weighted by molar-refractivity contribution is 5.94. The molecule has 0 radical (unpaired) electrons. The molecule has 200 valence electrons. The van der Waals surface area contributed by atoms with Crippen LogP contribution in [0.4, 0.5) is 16.4 Å². The number of nitrogens with one attached hydrogen (secondary N) is 1. The highest BCUT2D eigenvalue weighted by atomic mass is 16.4. The Hall–Kier alpha value is -3.36. The first-order valence-electron chi connectivity index (χ1n) is 13.4. The molecule has 2 amide bonds. The summed E-state index contributed by atoms with van der Waals surface area (Å²) in [5.41, 5.74) is 7.24. The van der Waals surface area contributed by atoms with Gasteiger partial charge in [0.2, 0.25) is 5.91 Å². The molecule has 0 bridgehead atoms. The number of hydrogen-bond acceptors (Lipinski definition) is 6. The molecule has 9 heteroatoms. The number of amides is 2. The van der Waals surface area contributed by atoms with Gasteiger partial charge in [-0.2, -0.15) is 0 Å². The number of primary amides is 1. The number of nitrogens with zero attached hydrogens (tertiary/aromatic N) is 4. The Morgan fingerprint density at radius 1 is 1.11 bits per heavy atom. The van der Waals surface area contributed by atoms with Crippen LogP contribution in [0.2, 0.25) is 0 Å². The zero-order valence-electron chi connectivity index (χ0n) is 22.2. The van der Waals surface area contributed by atoms with Crippen molar-refractivity contribution < 1.29 is 14.7 Å². The molecule has 1 saturated heterocycles. The molecule has 4 N–H and O–H groups in total. The van der Waals surface area contributed by atoms with E-state index in [0.29, 0.717) is 29.7 Å². The van der Waals surface area contributed by atoms with E-state index < -0.39 is 17.5 Å². The summed E-state index contributed by atoms with van der Waals surface area (Å²) in [5.74, 6) is 1.32. The van der Waals surface area contributed by atoms with Gasteiger partial charge in [-0.15, -0.1) is 0 Å². The van der Waals surface area contributed by atoms with Crippen LogP contribution in [0.15, 0.2) is 30.5 Å². The van der Waals surface area contributed by atoms with Crippen LogP contribution in [0.1, 0.15) is 76.1 Å². The van der Waals surface area contributed by atoms with Crippen molar-refractivity contribution in [2.75, 3.05) is 29.9 Å². The minimum atomic E-state index is -0.884. The van der Waals surface area contributed by atoms with Crippen LogP contribution >= 0.6 is 0 Å². The summed E-state index contributed by atoms with van der Waals surface area (Å²) in [7, 11) is 0.